The zero-order chi connectivity index (χ0) is 40.7. The van der Waals surface area contributed by atoms with E-state index in [9.17, 15) is 0 Å². The van der Waals surface area contributed by atoms with Crippen LogP contribution in [0, 0.1) is 0 Å². The molecule has 10 aromatic rings. The molecule has 0 radical (unpaired) electrons. The van der Waals surface area contributed by atoms with Gasteiger partial charge in [-0.1, -0.05) is 178 Å². The van der Waals surface area contributed by atoms with E-state index < -0.39 is 0 Å². The van der Waals surface area contributed by atoms with Gasteiger partial charge in [0.15, 0.2) is 0 Å². The molecule has 1 atom stereocenters. The number of hydrogen-bond donors (Lipinski definition) is 0. The quantitative estimate of drug-likeness (QED) is 0.156. The van der Waals surface area contributed by atoms with E-state index in [1.165, 1.54) is 100 Å². The minimum atomic E-state index is -0.124. The van der Waals surface area contributed by atoms with Crippen LogP contribution < -0.4 is 4.90 Å². The minimum absolute atomic E-state index is 0.124. The van der Waals surface area contributed by atoms with Crippen molar-refractivity contribution in [3.05, 3.63) is 240 Å². The first-order valence-corrected chi connectivity index (χ1v) is 21.5. The third-order valence-electron chi connectivity index (χ3n) is 13.6. The maximum atomic E-state index is 2.56. The third-order valence-corrected chi connectivity index (χ3v) is 13.6. The maximum Gasteiger partial charge on any atom is 0.0547 e. The number of nitrogens with zero attached hydrogens (tertiary/aromatic N) is 2. The molecule has 2 aliphatic rings. The van der Waals surface area contributed by atoms with Crippen molar-refractivity contribution in [1.29, 1.82) is 0 Å². The number of para-hydroxylation sites is 2. The highest BCUT2D eigenvalue weighted by Crippen LogP contribution is 2.57. The number of benzene rings is 9. The summed E-state index contributed by atoms with van der Waals surface area (Å²) in [4.78, 5) is 2.56. The van der Waals surface area contributed by atoms with Crippen LogP contribution in [0.2, 0.25) is 0 Å². The van der Waals surface area contributed by atoms with Crippen LogP contribution in [-0.4, -0.2) is 4.57 Å². The Morgan fingerprint density at radius 1 is 0.459 bits per heavy atom. The van der Waals surface area contributed by atoms with Crippen molar-refractivity contribution in [3.63, 3.8) is 0 Å². The second-order valence-electron chi connectivity index (χ2n) is 17.2. The van der Waals surface area contributed by atoms with E-state index in [1.807, 2.05) is 0 Å². The van der Waals surface area contributed by atoms with Crippen molar-refractivity contribution in [2.45, 2.75) is 31.6 Å². The van der Waals surface area contributed by atoms with Gasteiger partial charge in [0.1, 0.15) is 0 Å². The molecular formula is C59H44N2. The fourth-order valence-electron chi connectivity index (χ4n) is 10.8. The molecule has 2 nitrogen and oxygen atoms in total. The predicted octanol–water partition coefficient (Wildman–Crippen LogP) is 15.6. The van der Waals surface area contributed by atoms with Crippen molar-refractivity contribution in [1.82, 2.24) is 4.57 Å². The molecule has 1 aromatic heterocycles. The van der Waals surface area contributed by atoms with Gasteiger partial charge in [0, 0.05) is 44.6 Å². The first-order chi connectivity index (χ1) is 30.1. The van der Waals surface area contributed by atoms with Gasteiger partial charge >= 0.3 is 0 Å². The molecule has 61 heavy (non-hydrogen) atoms. The molecule has 0 bridgehead atoms. The Hall–Kier alpha value is -7.42. The molecule has 2 aliphatic carbocycles. The number of aromatic nitrogens is 1. The highest BCUT2D eigenvalue weighted by atomic mass is 15.1. The molecular weight excluding hydrogens is 737 g/mol. The molecule has 290 valence electrons. The molecule has 12 rings (SSSR count). The lowest BCUT2D eigenvalue weighted by molar-refractivity contribution is 0.660. The fraction of sp³-hybridized carbons (Fsp3) is 0.0847. The smallest absolute Gasteiger partial charge is 0.0547 e. The van der Waals surface area contributed by atoms with E-state index >= 15 is 0 Å². The molecule has 1 unspecified atom stereocenters. The van der Waals surface area contributed by atoms with Gasteiger partial charge in [-0.15, -0.1) is 0 Å². The molecule has 0 saturated heterocycles. The zero-order valence-electron chi connectivity index (χ0n) is 34.4. The third kappa shape index (κ3) is 5.42. The van der Waals surface area contributed by atoms with Crippen LogP contribution in [-0.2, 0) is 11.8 Å². The highest BCUT2D eigenvalue weighted by molar-refractivity contribution is 6.16. The first kappa shape index (κ1) is 35.5. The second-order valence-corrected chi connectivity index (χ2v) is 17.2. The number of rotatable bonds is 7. The lowest BCUT2D eigenvalue weighted by Crippen LogP contribution is -2.16. The molecule has 2 heteroatoms. The fourth-order valence-corrected chi connectivity index (χ4v) is 10.8. The predicted molar refractivity (Wildman–Crippen MR) is 256 cm³/mol. The van der Waals surface area contributed by atoms with E-state index in [-0.39, 0.29) is 11.3 Å². The molecule has 9 aromatic carbocycles. The molecule has 0 amide bonds. The Labute approximate surface area is 357 Å². The standard InChI is InChI=1S/C59H44N2/c1-59(2)50-28-13-11-24-47(50)58-51(59)29-17-33-55(58)61(54-32-16-27-46-49(38-39-18-5-3-6-19-39)44-22-9-10-23-45(44)57(46)54)42-36-34-40(35-37-42)43-26-15-31-53-56(43)48-25-12-14-30-52(48)60(53)41-20-7-4-8-21-41/h3-37,49H,38H2,1-2H3. The summed E-state index contributed by atoms with van der Waals surface area (Å²) in [5.41, 5.74) is 21.6. The number of hydrogen-bond acceptors (Lipinski definition) is 1. The number of anilines is 3. The van der Waals surface area contributed by atoms with Crippen molar-refractivity contribution in [2.24, 2.45) is 0 Å². The Kier molecular flexibility index (Phi) is 8.05. The molecule has 0 fully saturated rings. The van der Waals surface area contributed by atoms with Crippen LogP contribution in [0.1, 0.15) is 47.6 Å². The summed E-state index contributed by atoms with van der Waals surface area (Å²) in [5.74, 6) is 0.262. The van der Waals surface area contributed by atoms with E-state index in [2.05, 4.69) is 236 Å². The van der Waals surface area contributed by atoms with Crippen LogP contribution >= 0.6 is 0 Å². The average molecular weight is 781 g/mol. The Morgan fingerprint density at radius 2 is 1.05 bits per heavy atom. The van der Waals surface area contributed by atoms with Crippen LogP contribution in [0.3, 0.4) is 0 Å². The summed E-state index contributed by atoms with van der Waals surface area (Å²) in [6.07, 6.45) is 0.956. The molecule has 0 spiro atoms. The van der Waals surface area contributed by atoms with Crippen molar-refractivity contribution >= 4 is 38.9 Å². The summed E-state index contributed by atoms with van der Waals surface area (Å²) in [5, 5.41) is 2.53. The number of fused-ring (bicyclic) bond motifs is 9. The van der Waals surface area contributed by atoms with E-state index in [0.29, 0.717) is 0 Å². The van der Waals surface area contributed by atoms with Crippen molar-refractivity contribution in [2.75, 3.05) is 4.90 Å². The first-order valence-electron chi connectivity index (χ1n) is 21.5. The Morgan fingerprint density at radius 3 is 1.87 bits per heavy atom. The summed E-state index contributed by atoms with van der Waals surface area (Å²) in [7, 11) is 0. The van der Waals surface area contributed by atoms with Gasteiger partial charge in [-0.2, -0.15) is 0 Å². The van der Waals surface area contributed by atoms with E-state index in [1.54, 1.807) is 0 Å². The zero-order valence-corrected chi connectivity index (χ0v) is 34.4. The van der Waals surface area contributed by atoms with Crippen molar-refractivity contribution < 1.29 is 0 Å². The van der Waals surface area contributed by atoms with Crippen LogP contribution in [0.4, 0.5) is 17.1 Å². The molecule has 0 aliphatic heterocycles. The van der Waals surface area contributed by atoms with Crippen molar-refractivity contribution in [3.8, 4) is 39.1 Å². The van der Waals surface area contributed by atoms with Gasteiger partial charge < -0.3 is 9.47 Å². The van der Waals surface area contributed by atoms with Crippen LogP contribution in [0.15, 0.2) is 212 Å². The monoisotopic (exact) mass is 780 g/mol. The maximum absolute atomic E-state index is 2.56. The van der Waals surface area contributed by atoms with Gasteiger partial charge in [0.25, 0.3) is 0 Å². The summed E-state index contributed by atoms with van der Waals surface area (Å²) < 4.78 is 2.40. The lowest BCUT2D eigenvalue weighted by atomic mass is 9.82. The normalized spacial score (nSPS) is 14.4. The summed E-state index contributed by atoms with van der Waals surface area (Å²) in [6.45, 7) is 4.75. The van der Waals surface area contributed by atoms with Gasteiger partial charge in [-0.25, -0.2) is 0 Å². The average Bonchev–Trinajstić information content (AvgIpc) is 3.91. The summed E-state index contributed by atoms with van der Waals surface area (Å²) >= 11 is 0. The lowest BCUT2D eigenvalue weighted by Gasteiger charge is -2.31. The van der Waals surface area contributed by atoms with Gasteiger partial charge in [0.2, 0.25) is 0 Å². The largest absolute Gasteiger partial charge is 0.309 e. The van der Waals surface area contributed by atoms with Gasteiger partial charge in [0.05, 0.1) is 22.4 Å². The Balaban J connectivity index is 1.07. The van der Waals surface area contributed by atoms with Gasteiger partial charge in [-0.05, 0) is 105 Å². The van der Waals surface area contributed by atoms with Gasteiger partial charge in [-0.3, -0.25) is 0 Å². The second kappa shape index (κ2) is 13.8. The molecule has 1 heterocycles. The summed E-state index contributed by atoms with van der Waals surface area (Å²) in [6, 6.07) is 78.7. The topological polar surface area (TPSA) is 8.17 Å². The van der Waals surface area contributed by atoms with E-state index in [0.717, 1.165) is 12.1 Å². The molecule has 0 saturated carbocycles. The SMILES string of the molecule is CC1(C)c2ccccc2-c2c(N(c3ccc(-c4cccc5c4c4ccccc4n5-c4ccccc4)cc3)c3cccc4c3-c3ccccc3C4Cc3ccccc3)cccc21. The Bertz CT molecular complexity index is 3300. The van der Waals surface area contributed by atoms with Crippen LogP contribution in [0.5, 0.6) is 0 Å². The highest BCUT2D eigenvalue weighted by Gasteiger charge is 2.39. The van der Waals surface area contributed by atoms with Crippen LogP contribution in [0.25, 0.3) is 60.9 Å². The molecule has 0 N–H and O–H groups in total. The minimum Gasteiger partial charge on any atom is -0.309 e. The van der Waals surface area contributed by atoms with E-state index in [4.69, 9.17) is 0 Å².